The number of sulfonamides is 1. The predicted octanol–water partition coefficient (Wildman–Crippen LogP) is 1.76. The maximum Gasteiger partial charge on any atom is 0.417 e. The number of amides is 3. The number of nitrogens with zero attached hydrogens (tertiary/aromatic N) is 1. The monoisotopic (exact) mass is 483 g/mol. The van der Waals surface area contributed by atoms with Gasteiger partial charge in [0.05, 0.1) is 10.5 Å². The number of aliphatic hydroxyl groups excluding tert-OH is 1. The number of hydrogen-bond acceptors (Lipinski definition) is 6. The number of aliphatic hydroxyl groups is 1. The molecule has 0 spiro atoms. The molecule has 4 rings (SSSR count). The lowest BCUT2D eigenvalue weighted by Gasteiger charge is -2.31. The van der Waals surface area contributed by atoms with Crippen molar-refractivity contribution in [2.24, 2.45) is 0 Å². The highest BCUT2D eigenvalue weighted by Crippen LogP contribution is 2.38. The quantitative estimate of drug-likeness (QED) is 0.568. The summed E-state index contributed by atoms with van der Waals surface area (Å²) in [5.41, 5.74) is -1.58. The summed E-state index contributed by atoms with van der Waals surface area (Å²) in [6.07, 6.45) is -6.57. The Morgan fingerprint density at radius 1 is 1.09 bits per heavy atom. The molecule has 0 aliphatic carbocycles. The zero-order valence-electron chi connectivity index (χ0n) is 16.6. The number of halogens is 3. The fourth-order valence-electron chi connectivity index (χ4n) is 3.84. The number of piperidine rings is 1. The van der Waals surface area contributed by atoms with Crippen LogP contribution in [0, 0.1) is 0 Å². The highest BCUT2D eigenvalue weighted by atomic mass is 32.2. The molecular formula is C20H16F3N3O6S. The number of carbonyl (C=O) groups is 3. The van der Waals surface area contributed by atoms with Crippen LogP contribution >= 0.6 is 0 Å². The number of carbonyl (C=O) groups excluding carboxylic acids is 3. The van der Waals surface area contributed by atoms with Gasteiger partial charge in [0.2, 0.25) is 11.8 Å². The topological polar surface area (TPSA) is 133 Å². The van der Waals surface area contributed by atoms with Crippen molar-refractivity contribution in [2.45, 2.75) is 36.2 Å². The molecule has 2 unspecified atom stereocenters. The maximum atomic E-state index is 13.2. The molecule has 33 heavy (non-hydrogen) atoms. The Morgan fingerprint density at radius 2 is 1.79 bits per heavy atom. The minimum Gasteiger partial charge on any atom is -0.369 e. The van der Waals surface area contributed by atoms with Gasteiger partial charge in [0.1, 0.15) is 6.04 Å². The van der Waals surface area contributed by atoms with Crippen LogP contribution in [0.15, 0.2) is 47.4 Å². The van der Waals surface area contributed by atoms with Crippen molar-refractivity contribution in [1.29, 1.82) is 0 Å². The van der Waals surface area contributed by atoms with E-state index in [0.717, 1.165) is 35.2 Å². The molecule has 2 atom stereocenters. The first kappa shape index (κ1) is 22.7. The van der Waals surface area contributed by atoms with Crippen LogP contribution in [-0.2, 0) is 25.8 Å². The van der Waals surface area contributed by atoms with Gasteiger partial charge in [-0.3, -0.25) is 29.3 Å². The van der Waals surface area contributed by atoms with Crippen LogP contribution in [0.5, 0.6) is 0 Å². The van der Waals surface area contributed by atoms with Crippen LogP contribution < -0.4 is 10.0 Å². The summed E-state index contributed by atoms with van der Waals surface area (Å²) in [6.45, 7) is 0. The van der Waals surface area contributed by atoms with E-state index in [9.17, 15) is 41.1 Å². The second-order valence-corrected chi connectivity index (χ2v) is 9.11. The predicted molar refractivity (Wildman–Crippen MR) is 106 cm³/mol. The molecule has 1 fully saturated rings. The van der Waals surface area contributed by atoms with Crippen LogP contribution in [0.3, 0.4) is 0 Å². The van der Waals surface area contributed by atoms with Crippen LogP contribution in [0.2, 0.25) is 0 Å². The van der Waals surface area contributed by atoms with Gasteiger partial charge in [-0.05, 0) is 36.8 Å². The summed E-state index contributed by atoms with van der Waals surface area (Å²) < 4.78 is 67.1. The largest absolute Gasteiger partial charge is 0.417 e. The van der Waals surface area contributed by atoms with Crippen molar-refractivity contribution in [1.82, 2.24) is 10.2 Å². The van der Waals surface area contributed by atoms with Crippen molar-refractivity contribution >= 4 is 33.4 Å². The van der Waals surface area contributed by atoms with E-state index < -0.39 is 56.6 Å². The zero-order valence-corrected chi connectivity index (χ0v) is 17.4. The molecule has 3 amide bonds. The average Bonchev–Trinajstić information content (AvgIpc) is 2.97. The van der Waals surface area contributed by atoms with Gasteiger partial charge < -0.3 is 5.11 Å². The van der Waals surface area contributed by atoms with Crippen LogP contribution in [0.4, 0.5) is 18.9 Å². The Labute approximate surface area is 185 Å². The molecule has 3 N–H and O–H groups in total. The van der Waals surface area contributed by atoms with E-state index >= 15 is 0 Å². The Bertz CT molecular complexity index is 1280. The highest BCUT2D eigenvalue weighted by molar-refractivity contribution is 7.92. The molecule has 9 nitrogen and oxygen atoms in total. The lowest BCUT2D eigenvalue weighted by atomic mass is 10.0. The van der Waals surface area contributed by atoms with Gasteiger partial charge in [0, 0.05) is 23.2 Å². The molecule has 13 heteroatoms. The van der Waals surface area contributed by atoms with Gasteiger partial charge in [-0.25, -0.2) is 8.42 Å². The molecule has 2 aliphatic heterocycles. The van der Waals surface area contributed by atoms with Gasteiger partial charge in [-0.2, -0.15) is 13.2 Å². The van der Waals surface area contributed by atoms with E-state index in [1.54, 1.807) is 0 Å². The van der Waals surface area contributed by atoms with E-state index in [1.165, 1.54) is 6.07 Å². The molecule has 2 aromatic rings. The number of fused-ring (bicyclic) bond motifs is 1. The zero-order chi connectivity index (χ0) is 24.1. The van der Waals surface area contributed by atoms with E-state index in [4.69, 9.17) is 0 Å². The Balaban J connectivity index is 1.64. The molecule has 174 valence electrons. The number of nitrogens with one attached hydrogen (secondary N) is 2. The van der Waals surface area contributed by atoms with Crippen molar-refractivity contribution in [3.8, 4) is 0 Å². The molecule has 2 heterocycles. The normalized spacial score (nSPS) is 21.1. The molecular weight excluding hydrogens is 467 g/mol. The third-order valence-electron chi connectivity index (χ3n) is 5.34. The molecule has 0 saturated carbocycles. The van der Waals surface area contributed by atoms with Crippen molar-refractivity contribution in [3.05, 3.63) is 59.2 Å². The molecule has 0 radical (unpaired) electrons. The number of benzene rings is 2. The number of alkyl halides is 3. The smallest absolute Gasteiger partial charge is 0.369 e. The molecule has 2 aromatic carbocycles. The first-order valence-electron chi connectivity index (χ1n) is 9.57. The second-order valence-electron chi connectivity index (χ2n) is 7.45. The van der Waals surface area contributed by atoms with Gasteiger partial charge in [-0.1, -0.05) is 12.1 Å². The Kier molecular flexibility index (Phi) is 5.41. The third-order valence-corrected chi connectivity index (χ3v) is 6.78. The SMILES string of the molecule is O=C1CCC(N2C(=O)c3ccc(NS(=O)(=O)c4ccccc4C(F)(F)F)cc3C2O)C(=O)N1. The molecule has 0 aromatic heterocycles. The van der Waals surface area contributed by atoms with E-state index in [-0.39, 0.29) is 29.7 Å². The minimum absolute atomic E-state index is 0.00479. The standard InChI is InChI=1S/C20H16F3N3O6S/c21-20(22,23)13-3-1-2-4-15(13)33(31,32)25-10-5-6-11-12(9-10)19(30)26(18(11)29)14-7-8-16(27)24-17(14)28/h1-6,9,14,19,25,30H,7-8H2,(H,24,27,28). The Hall–Kier alpha value is -3.45. The first-order valence-corrected chi connectivity index (χ1v) is 11.1. The van der Waals surface area contributed by atoms with Crippen molar-refractivity contribution < 1.29 is 41.1 Å². The number of hydrogen-bond donors (Lipinski definition) is 3. The summed E-state index contributed by atoms with van der Waals surface area (Å²) in [7, 11) is -4.68. The summed E-state index contributed by atoms with van der Waals surface area (Å²) in [4.78, 5) is 36.1. The van der Waals surface area contributed by atoms with Crippen LogP contribution in [-0.4, -0.2) is 42.2 Å². The van der Waals surface area contributed by atoms with E-state index in [0.29, 0.717) is 6.07 Å². The lowest BCUT2D eigenvalue weighted by Crippen LogP contribution is -2.53. The molecule has 2 aliphatic rings. The summed E-state index contributed by atoms with van der Waals surface area (Å²) in [6, 6.07) is 5.99. The van der Waals surface area contributed by atoms with Crippen molar-refractivity contribution in [3.63, 3.8) is 0 Å². The molecule has 1 saturated heterocycles. The van der Waals surface area contributed by atoms with Gasteiger partial charge in [-0.15, -0.1) is 0 Å². The van der Waals surface area contributed by atoms with E-state index in [2.05, 4.69) is 5.32 Å². The highest BCUT2D eigenvalue weighted by Gasteiger charge is 2.44. The number of anilines is 1. The molecule has 0 bridgehead atoms. The van der Waals surface area contributed by atoms with Gasteiger partial charge >= 0.3 is 6.18 Å². The maximum absolute atomic E-state index is 13.2. The number of imide groups is 1. The third kappa shape index (κ3) is 4.04. The van der Waals surface area contributed by atoms with Crippen LogP contribution in [0.25, 0.3) is 0 Å². The van der Waals surface area contributed by atoms with Crippen molar-refractivity contribution in [2.75, 3.05) is 4.72 Å². The summed E-state index contributed by atoms with van der Waals surface area (Å²) in [5.74, 6) is -1.97. The summed E-state index contributed by atoms with van der Waals surface area (Å²) in [5, 5.41) is 12.7. The fourth-order valence-corrected chi connectivity index (χ4v) is 5.12. The Morgan fingerprint density at radius 3 is 2.45 bits per heavy atom. The fraction of sp³-hybridized carbons (Fsp3) is 0.250. The van der Waals surface area contributed by atoms with Crippen LogP contribution in [0.1, 0.15) is 40.6 Å². The summed E-state index contributed by atoms with van der Waals surface area (Å²) >= 11 is 0. The van der Waals surface area contributed by atoms with Gasteiger partial charge in [0.25, 0.3) is 15.9 Å². The average molecular weight is 483 g/mol. The minimum atomic E-state index is -4.91. The number of rotatable bonds is 4. The van der Waals surface area contributed by atoms with Gasteiger partial charge in [0.15, 0.2) is 6.23 Å². The first-order chi connectivity index (χ1) is 15.4. The lowest BCUT2D eigenvalue weighted by molar-refractivity contribution is -0.140. The second kappa shape index (κ2) is 7.85. The van der Waals surface area contributed by atoms with E-state index in [1.807, 2.05) is 4.72 Å².